The fraction of sp³-hybridized carbons (Fsp3) is 0.0909. The van der Waals surface area contributed by atoms with Crippen LogP contribution < -0.4 is 10.7 Å². The van der Waals surface area contributed by atoms with Crippen molar-refractivity contribution in [3.8, 4) is 0 Å². The van der Waals surface area contributed by atoms with Crippen LogP contribution in [0.2, 0.25) is 0 Å². The van der Waals surface area contributed by atoms with E-state index < -0.39 is 5.91 Å². The van der Waals surface area contributed by atoms with Gasteiger partial charge < -0.3 is 5.32 Å². The Hall–Kier alpha value is -3.80. The third-order valence-electron chi connectivity index (χ3n) is 4.25. The van der Waals surface area contributed by atoms with Gasteiger partial charge in [0.25, 0.3) is 11.8 Å². The van der Waals surface area contributed by atoms with E-state index >= 15 is 0 Å². The number of carbonyl (C=O) groups excluding carboxylic acids is 2. The SMILES string of the molecule is Cc1ccc(/C=N/NC(=O)c2ccccc2NC(=O)c2cccnc2)cc1C. The molecule has 2 aromatic carbocycles. The van der Waals surface area contributed by atoms with Gasteiger partial charge in [0.1, 0.15) is 0 Å². The van der Waals surface area contributed by atoms with E-state index in [-0.39, 0.29) is 5.91 Å². The normalized spacial score (nSPS) is 10.6. The number of aromatic nitrogens is 1. The summed E-state index contributed by atoms with van der Waals surface area (Å²) in [5.74, 6) is -0.755. The molecule has 140 valence electrons. The maximum Gasteiger partial charge on any atom is 0.273 e. The van der Waals surface area contributed by atoms with Crippen molar-refractivity contribution in [2.24, 2.45) is 5.10 Å². The largest absolute Gasteiger partial charge is 0.321 e. The Labute approximate surface area is 163 Å². The van der Waals surface area contributed by atoms with Gasteiger partial charge in [-0.05, 0) is 54.8 Å². The summed E-state index contributed by atoms with van der Waals surface area (Å²) in [4.78, 5) is 28.8. The molecule has 3 rings (SSSR count). The summed E-state index contributed by atoms with van der Waals surface area (Å²) in [5, 5.41) is 6.76. The van der Waals surface area contributed by atoms with Crippen LogP contribution in [0.15, 0.2) is 72.1 Å². The summed E-state index contributed by atoms with van der Waals surface area (Å²) >= 11 is 0. The van der Waals surface area contributed by atoms with E-state index in [1.165, 1.54) is 11.8 Å². The molecule has 28 heavy (non-hydrogen) atoms. The van der Waals surface area contributed by atoms with E-state index in [0.29, 0.717) is 16.8 Å². The van der Waals surface area contributed by atoms with Crippen molar-refractivity contribution in [2.75, 3.05) is 5.32 Å². The molecule has 0 aliphatic rings. The Bertz CT molecular complexity index is 1030. The van der Waals surface area contributed by atoms with Gasteiger partial charge in [0.2, 0.25) is 0 Å². The average molecular weight is 372 g/mol. The van der Waals surface area contributed by atoms with Crippen molar-refractivity contribution < 1.29 is 9.59 Å². The highest BCUT2D eigenvalue weighted by molar-refractivity contribution is 6.08. The number of aryl methyl sites for hydroxylation is 2. The molecule has 1 heterocycles. The third kappa shape index (κ3) is 4.67. The van der Waals surface area contributed by atoms with Crippen LogP contribution in [0.1, 0.15) is 37.4 Å². The standard InChI is InChI=1S/C22H20N4O2/c1-15-9-10-17(12-16(15)2)13-24-26-22(28)19-7-3-4-8-20(19)25-21(27)18-6-5-11-23-14-18/h3-14H,1-2H3,(H,25,27)(H,26,28)/b24-13+. The number of para-hydroxylation sites is 1. The minimum atomic E-state index is -0.415. The van der Waals surface area contributed by atoms with Gasteiger partial charge in [0, 0.05) is 12.4 Å². The van der Waals surface area contributed by atoms with Crippen LogP contribution in [-0.4, -0.2) is 23.0 Å². The van der Waals surface area contributed by atoms with Gasteiger partial charge in [0.05, 0.1) is 23.0 Å². The quantitative estimate of drug-likeness (QED) is 0.529. The number of anilines is 1. The molecule has 2 N–H and O–H groups in total. The summed E-state index contributed by atoms with van der Waals surface area (Å²) < 4.78 is 0. The monoisotopic (exact) mass is 372 g/mol. The molecule has 6 nitrogen and oxygen atoms in total. The Morgan fingerprint density at radius 2 is 1.79 bits per heavy atom. The highest BCUT2D eigenvalue weighted by Crippen LogP contribution is 2.16. The molecule has 0 bridgehead atoms. The van der Waals surface area contributed by atoms with Crippen molar-refractivity contribution in [2.45, 2.75) is 13.8 Å². The maximum absolute atomic E-state index is 12.5. The van der Waals surface area contributed by atoms with Crippen LogP contribution in [0, 0.1) is 13.8 Å². The Balaban J connectivity index is 1.71. The minimum absolute atomic E-state index is 0.317. The fourth-order valence-electron chi connectivity index (χ4n) is 2.55. The molecular formula is C22H20N4O2. The number of pyridine rings is 1. The molecule has 0 aliphatic carbocycles. The van der Waals surface area contributed by atoms with Crippen LogP contribution >= 0.6 is 0 Å². The fourth-order valence-corrected chi connectivity index (χ4v) is 2.55. The van der Waals surface area contributed by atoms with Crippen LogP contribution in [-0.2, 0) is 0 Å². The first-order valence-electron chi connectivity index (χ1n) is 8.75. The van der Waals surface area contributed by atoms with Gasteiger partial charge in [-0.25, -0.2) is 5.43 Å². The predicted octanol–water partition coefficient (Wildman–Crippen LogP) is 3.71. The summed E-state index contributed by atoms with van der Waals surface area (Å²) in [6.45, 7) is 4.06. The number of carbonyl (C=O) groups is 2. The van der Waals surface area contributed by atoms with Crippen LogP contribution in [0.4, 0.5) is 5.69 Å². The molecule has 0 saturated heterocycles. The number of hydrazone groups is 1. The average Bonchev–Trinajstić information content (AvgIpc) is 2.71. The minimum Gasteiger partial charge on any atom is -0.321 e. The molecule has 2 amide bonds. The molecule has 0 aliphatic heterocycles. The number of benzene rings is 2. The molecule has 0 unspecified atom stereocenters. The zero-order valence-electron chi connectivity index (χ0n) is 15.6. The Morgan fingerprint density at radius 3 is 2.54 bits per heavy atom. The van der Waals surface area contributed by atoms with Crippen molar-refractivity contribution in [1.82, 2.24) is 10.4 Å². The molecule has 0 saturated carbocycles. The lowest BCUT2D eigenvalue weighted by Crippen LogP contribution is -2.21. The van der Waals surface area contributed by atoms with E-state index in [4.69, 9.17) is 0 Å². The van der Waals surface area contributed by atoms with Crippen LogP contribution in [0.5, 0.6) is 0 Å². The maximum atomic E-state index is 12.5. The molecule has 0 fully saturated rings. The smallest absolute Gasteiger partial charge is 0.273 e. The second-order valence-corrected chi connectivity index (χ2v) is 6.28. The second-order valence-electron chi connectivity index (χ2n) is 6.28. The van der Waals surface area contributed by atoms with E-state index in [1.807, 2.05) is 32.0 Å². The highest BCUT2D eigenvalue weighted by Gasteiger charge is 2.13. The van der Waals surface area contributed by atoms with Crippen molar-refractivity contribution in [3.63, 3.8) is 0 Å². The topological polar surface area (TPSA) is 83.5 Å². The predicted molar refractivity (Wildman–Crippen MR) is 110 cm³/mol. The van der Waals surface area contributed by atoms with Crippen molar-refractivity contribution in [3.05, 3.63) is 94.8 Å². The number of nitrogens with zero attached hydrogens (tertiary/aromatic N) is 2. The van der Waals surface area contributed by atoms with Gasteiger partial charge >= 0.3 is 0 Å². The van der Waals surface area contributed by atoms with Gasteiger partial charge in [-0.1, -0.05) is 30.3 Å². The van der Waals surface area contributed by atoms with E-state index in [9.17, 15) is 9.59 Å². The molecule has 0 radical (unpaired) electrons. The molecule has 1 aromatic heterocycles. The molecule has 6 heteroatoms. The Morgan fingerprint density at radius 1 is 0.964 bits per heavy atom. The number of nitrogens with one attached hydrogen (secondary N) is 2. The first-order valence-corrected chi connectivity index (χ1v) is 8.75. The summed E-state index contributed by atoms with van der Waals surface area (Å²) in [7, 11) is 0. The van der Waals surface area contributed by atoms with Crippen LogP contribution in [0.3, 0.4) is 0 Å². The van der Waals surface area contributed by atoms with E-state index in [0.717, 1.165) is 11.1 Å². The molecule has 0 atom stereocenters. The lowest BCUT2D eigenvalue weighted by atomic mass is 10.1. The third-order valence-corrected chi connectivity index (χ3v) is 4.25. The second kappa shape index (κ2) is 8.73. The first kappa shape index (κ1) is 19.0. The zero-order valence-corrected chi connectivity index (χ0v) is 15.6. The summed E-state index contributed by atoms with van der Waals surface area (Å²) in [5.41, 5.74) is 6.86. The van der Waals surface area contributed by atoms with Crippen molar-refractivity contribution >= 4 is 23.7 Å². The van der Waals surface area contributed by atoms with Crippen LogP contribution in [0.25, 0.3) is 0 Å². The Kier molecular flexibility index (Phi) is 5.91. The molecule has 0 spiro atoms. The van der Waals surface area contributed by atoms with Gasteiger partial charge in [-0.15, -0.1) is 0 Å². The summed E-state index contributed by atoms with van der Waals surface area (Å²) in [6.07, 6.45) is 4.64. The molecule has 3 aromatic rings. The number of hydrogen-bond acceptors (Lipinski definition) is 4. The summed E-state index contributed by atoms with van der Waals surface area (Å²) in [6, 6.07) is 16.0. The number of amides is 2. The van der Waals surface area contributed by atoms with Gasteiger partial charge in [-0.3, -0.25) is 14.6 Å². The lowest BCUT2D eigenvalue weighted by Gasteiger charge is -2.09. The van der Waals surface area contributed by atoms with E-state index in [2.05, 4.69) is 20.8 Å². The molecular weight excluding hydrogens is 352 g/mol. The van der Waals surface area contributed by atoms with Gasteiger partial charge in [0.15, 0.2) is 0 Å². The number of rotatable bonds is 5. The zero-order chi connectivity index (χ0) is 19.9. The highest BCUT2D eigenvalue weighted by atomic mass is 16.2. The van der Waals surface area contributed by atoms with E-state index in [1.54, 1.807) is 48.8 Å². The first-order chi connectivity index (χ1) is 13.5. The van der Waals surface area contributed by atoms with Crippen molar-refractivity contribution in [1.29, 1.82) is 0 Å². The van der Waals surface area contributed by atoms with Gasteiger partial charge in [-0.2, -0.15) is 5.10 Å². The number of hydrogen-bond donors (Lipinski definition) is 2. The lowest BCUT2D eigenvalue weighted by molar-refractivity contribution is 0.0956.